The Kier molecular flexibility index (Phi) is 3.79. The van der Waals surface area contributed by atoms with Crippen LogP contribution in [0.4, 0.5) is 5.69 Å². The molecule has 0 bridgehead atoms. The smallest absolute Gasteiger partial charge is 0.238 e. The lowest BCUT2D eigenvalue weighted by atomic mass is 10.2. The van der Waals surface area contributed by atoms with Crippen LogP contribution in [0, 0.1) is 0 Å². The van der Waals surface area contributed by atoms with Gasteiger partial charge in [0.05, 0.1) is 19.4 Å². The molecule has 1 amide bonds. The van der Waals surface area contributed by atoms with E-state index in [1.54, 1.807) is 24.5 Å². The molecule has 0 unspecified atom stereocenters. The van der Waals surface area contributed by atoms with Crippen LogP contribution in [-0.4, -0.2) is 31.2 Å². The maximum absolute atomic E-state index is 12.0. The number of benzene rings is 1. The lowest BCUT2D eigenvalue weighted by Crippen LogP contribution is -2.29. The summed E-state index contributed by atoms with van der Waals surface area (Å²) in [6.45, 7) is 1.08. The van der Waals surface area contributed by atoms with Gasteiger partial charge in [0, 0.05) is 11.8 Å². The van der Waals surface area contributed by atoms with Gasteiger partial charge in [-0.05, 0) is 31.3 Å². The summed E-state index contributed by atoms with van der Waals surface area (Å²) in [5.74, 6) is 2.08. The number of hydrogen-bond donors (Lipinski definition) is 1. The molecule has 0 saturated carbocycles. The van der Waals surface area contributed by atoms with E-state index in [4.69, 9.17) is 13.9 Å². The highest BCUT2D eigenvalue weighted by Crippen LogP contribution is 2.34. The van der Waals surface area contributed by atoms with Crippen molar-refractivity contribution in [2.45, 2.75) is 6.54 Å². The average Bonchev–Trinajstić information content (AvgIpc) is 3.08. The topological polar surface area (TPSA) is 63.9 Å². The van der Waals surface area contributed by atoms with Gasteiger partial charge in [-0.25, -0.2) is 0 Å². The maximum atomic E-state index is 12.0. The fourth-order valence-electron chi connectivity index (χ4n) is 2.14. The molecule has 6 heteroatoms. The Bertz CT molecular complexity index is 625. The Morgan fingerprint density at radius 1 is 1.29 bits per heavy atom. The number of carbonyl (C=O) groups is 1. The predicted octanol–water partition coefficient (Wildman–Crippen LogP) is 2.08. The molecular weight excluding hydrogens is 272 g/mol. The molecule has 0 radical (unpaired) electrons. The molecule has 0 atom stereocenters. The molecule has 2 aromatic rings. The summed E-state index contributed by atoms with van der Waals surface area (Å²) in [7, 11) is 1.86. The van der Waals surface area contributed by atoms with Crippen molar-refractivity contribution in [2.24, 2.45) is 0 Å². The number of likely N-dealkylation sites (N-methyl/N-ethyl adjacent to an activating group) is 1. The van der Waals surface area contributed by atoms with E-state index in [2.05, 4.69) is 5.32 Å². The monoisotopic (exact) mass is 288 g/mol. The number of nitrogens with zero attached hydrogens (tertiary/aromatic N) is 1. The number of rotatable bonds is 5. The molecule has 0 saturated heterocycles. The Labute approximate surface area is 122 Å². The summed E-state index contributed by atoms with van der Waals surface area (Å²) in [6, 6.07) is 9.04. The Morgan fingerprint density at radius 2 is 2.14 bits per heavy atom. The molecule has 6 nitrogen and oxygen atoms in total. The average molecular weight is 288 g/mol. The van der Waals surface area contributed by atoms with E-state index < -0.39 is 0 Å². The SMILES string of the molecule is CN(CC(=O)Nc1ccc2c(c1)OCO2)Cc1ccco1. The van der Waals surface area contributed by atoms with Gasteiger partial charge in [-0.3, -0.25) is 9.69 Å². The van der Waals surface area contributed by atoms with Crippen molar-refractivity contribution in [2.75, 3.05) is 25.7 Å². The third kappa shape index (κ3) is 3.35. The van der Waals surface area contributed by atoms with Crippen molar-refractivity contribution in [1.82, 2.24) is 4.90 Å². The molecule has 1 N–H and O–H groups in total. The zero-order valence-corrected chi connectivity index (χ0v) is 11.7. The fourth-order valence-corrected chi connectivity index (χ4v) is 2.14. The van der Waals surface area contributed by atoms with Crippen LogP contribution in [0.1, 0.15) is 5.76 Å². The molecule has 0 fully saturated rings. The first kappa shape index (κ1) is 13.5. The van der Waals surface area contributed by atoms with Crippen LogP contribution in [-0.2, 0) is 11.3 Å². The molecule has 0 spiro atoms. The largest absolute Gasteiger partial charge is 0.468 e. The number of carbonyl (C=O) groups excluding carboxylic acids is 1. The molecule has 1 aliphatic rings. The first-order chi connectivity index (χ1) is 10.2. The normalized spacial score (nSPS) is 12.7. The number of fused-ring (bicyclic) bond motifs is 1. The number of hydrogen-bond acceptors (Lipinski definition) is 5. The van der Waals surface area contributed by atoms with Crippen LogP contribution in [0.2, 0.25) is 0 Å². The molecule has 0 aliphatic carbocycles. The van der Waals surface area contributed by atoms with Crippen LogP contribution in [0.5, 0.6) is 11.5 Å². The second-order valence-corrected chi connectivity index (χ2v) is 4.87. The molecule has 110 valence electrons. The zero-order chi connectivity index (χ0) is 14.7. The first-order valence-corrected chi connectivity index (χ1v) is 6.61. The van der Waals surface area contributed by atoms with Gasteiger partial charge < -0.3 is 19.2 Å². The predicted molar refractivity (Wildman–Crippen MR) is 76.2 cm³/mol. The minimum Gasteiger partial charge on any atom is -0.468 e. The van der Waals surface area contributed by atoms with Gasteiger partial charge in [-0.2, -0.15) is 0 Å². The molecule has 1 aliphatic heterocycles. The number of amides is 1. The van der Waals surface area contributed by atoms with Gasteiger partial charge in [-0.15, -0.1) is 0 Å². The lowest BCUT2D eigenvalue weighted by molar-refractivity contribution is -0.117. The summed E-state index contributed by atoms with van der Waals surface area (Å²) in [5, 5.41) is 2.84. The van der Waals surface area contributed by atoms with E-state index in [0.717, 1.165) is 5.76 Å². The number of ether oxygens (including phenoxy) is 2. The molecule has 21 heavy (non-hydrogen) atoms. The maximum Gasteiger partial charge on any atom is 0.238 e. The van der Waals surface area contributed by atoms with E-state index in [-0.39, 0.29) is 19.2 Å². The highest BCUT2D eigenvalue weighted by atomic mass is 16.7. The molecular formula is C15H16N2O4. The van der Waals surface area contributed by atoms with E-state index in [9.17, 15) is 4.79 Å². The summed E-state index contributed by atoms with van der Waals surface area (Å²) in [6.07, 6.45) is 1.62. The highest BCUT2D eigenvalue weighted by Gasteiger charge is 2.14. The quantitative estimate of drug-likeness (QED) is 0.912. The van der Waals surface area contributed by atoms with Crippen molar-refractivity contribution >= 4 is 11.6 Å². The fraction of sp³-hybridized carbons (Fsp3) is 0.267. The van der Waals surface area contributed by atoms with Crippen LogP contribution >= 0.6 is 0 Å². The van der Waals surface area contributed by atoms with Crippen LogP contribution in [0.15, 0.2) is 41.0 Å². The van der Waals surface area contributed by atoms with Crippen molar-refractivity contribution < 1.29 is 18.7 Å². The van der Waals surface area contributed by atoms with Crippen LogP contribution in [0.25, 0.3) is 0 Å². The minimum atomic E-state index is -0.0945. The van der Waals surface area contributed by atoms with Gasteiger partial charge in [0.25, 0.3) is 0 Å². The summed E-state index contributed by atoms with van der Waals surface area (Å²) in [5.41, 5.74) is 0.690. The number of furan rings is 1. The van der Waals surface area contributed by atoms with Gasteiger partial charge >= 0.3 is 0 Å². The second-order valence-electron chi connectivity index (χ2n) is 4.87. The van der Waals surface area contributed by atoms with Crippen LogP contribution in [0.3, 0.4) is 0 Å². The van der Waals surface area contributed by atoms with Gasteiger partial charge in [0.2, 0.25) is 12.7 Å². The lowest BCUT2D eigenvalue weighted by Gasteiger charge is -2.14. The van der Waals surface area contributed by atoms with Crippen LogP contribution < -0.4 is 14.8 Å². The van der Waals surface area contributed by atoms with E-state index in [1.807, 2.05) is 24.1 Å². The van der Waals surface area contributed by atoms with E-state index in [1.165, 1.54) is 0 Å². The molecule has 1 aromatic carbocycles. The summed E-state index contributed by atoms with van der Waals surface area (Å²) in [4.78, 5) is 13.9. The van der Waals surface area contributed by atoms with Crippen molar-refractivity contribution in [3.63, 3.8) is 0 Å². The first-order valence-electron chi connectivity index (χ1n) is 6.61. The Hall–Kier alpha value is -2.47. The van der Waals surface area contributed by atoms with Crippen molar-refractivity contribution in [3.05, 3.63) is 42.4 Å². The van der Waals surface area contributed by atoms with E-state index in [0.29, 0.717) is 23.7 Å². The Balaban J connectivity index is 1.54. The highest BCUT2D eigenvalue weighted by molar-refractivity contribution is 5.92. The molecule has 2 heterocycles. The number of anilines is 1. The molecule has 1 aromatic heterocycles. The van der Waals surface area contributed by atoms with Crippen molar-refractivity contribution in [1.29, 1.82) is 0 Å². The Morgan fingerprint density at radius 3 is 2.95 bits per heavy atom. The summed E-state index contributed by atoms with van der Waals surface area (Å²) >= 11 is 0. The third-order valence-electron chi connectivity index (χ3n) is 3.08. The molecule has 3 rings (SSSR count). The minimum absolute atomic E-state index is 0.0945. The van der Waals surface area contributed by atoms with Gasteiger partial charge in [-0.1, -0.05) is 0 Å². The van der Waals surface area contributed by atoms with Crippen molar-refractivity contribution in [3.8, 4) is 11.5 Å². The number of nitrogens with one attached hydrogen (secondary N) is 1. The standard InChI is InChI=1S/C15H16N2O4/c1-17(8-12-3-2-6-19-12)9-15(18)16-11-4-5-13-14(7-11)21-10-20-13/h2-7H,8-10H2,1H3,(H,16,18). The van der Waals surface area contributed by atoms with Gasteiger partial charge in [0.1, 0.15) is 5.76 Å². The second kappa shape index (κ2) is 5.88. The summed E-state index contributed by atoms with van der Waals surface area (Å²) < 4.78 is 15.8. The van der Waals surface area contributed by atoms with E-state index >= 15 is 0 Å². The zero-order valence-electron chi connectivity index (χ0n) is 11.7. The third-order valence-corrected chi connectivity index (χ3v) is 3.08. The van der Waals surface area contributed by atoms with Gasteiger partial charge in [0.15, 0.2) is 11.5 Å².